The topological polar surface area (TPSA) is 54.7 Å². The minimum absolute atomic E-state index is 0.0287. The molecule has 1 aromatic heterocycles. The van der Waals surface area contributed by atoms with Gasteiger partial charge in [0.05, 0.1) is 19.3 Å². The number of morpholine rings is 1. The fraction of sp³-hybridized carbons (Fsp3) is 0.524. The molecule has 1 aliphatic heterocycles. The van der Waals surface area contributed by atoms with Gasteiger partial charge in [-0.25, -0.2) is 0 Å². The summed E-state index contributed by atoms with van der Waals surface area (Å²) in [6.07, 6.45) is 3.93. The highest BCUT2D eigenvalue weighted by atomic mass is 16.5. The number of nitrogens with one attached hydrogen (secondary N) is 1. The Labute approximate surface area is 162 Å². The molecule has 6 nitrogen and oxygen atoms in total. The molecular formula is C21H31N5O. The van der Waals surface area contributed by atoms with Gasteiger partial charge < -0.3 is 15.0 Å². The fourth-order valence-corrected chi connectivity index (χ4v) is 3.62. The van der Waals surface area contributed by atoms with Crippen molar-refractivity contribution in [3.05, 3.63) is 53.9 Å². The van der Waals surface area contributed by atoms with Crippen LogP contribution in [-0.2, 0) is 11.8 Å². The Morgan fingerprint density at radius 2 is 2.11 bits per heavy atom. The van der Waals surface area contributed by atoms with Crippen LogP contribution in [0.3, 0.4) is 0 Å². The molecule has 0 spiro atoms. The second-order valence-electron chi connectivity index (χ2n) is 7.44. The SMILES string of the molecule is CN=C(NCC(c1ccccc1)C(C)C)N1CCOC(c2cnn(C)c2)C1. The van der Waals surface area contributed by atoms with Gasteiger partial charge in [0.15, 0.2) is 5.96 Å². The summed E-state index contributed by atoms with van der Waals surface area (Å²) in [5.74, 6) is 1.93. The first-order chi connectivity index (χ1) is 13.1. The largest absolute Gasteiger partial charge is 0.370 e. The molecule has 0 bridgehead atoms. The van der Waals surface area contributed by atoms with Crippen molar-refractivity contribution >= 4 is 5.96 Å². The van der Waals surface area contributed by atoms with E-state index in [-0.39, 0.29) is 6.10 Å². The lowest BCUT2D eigenvalue weighted by molar-refractivity contribution is -0.00806. The van der Waals surface area contributed by atoms with Crippen LogP contribution in [0.1, 0.15) is 37.0 Å². The van der Waals surface area contributed by atoms with Gasteiger partial charge in [-0.05, 0) is 11.5 Å². The van der Waals surface area contributed by atoms with Crippen molar-refractivity contribution in [2.75, 3.05) is 33.3 Å². The van der Waals surface area contributed by atoms with Gasteiger partial charge in [0.25, 0.3) is 0 Å². The van der Waals surface area contributed by atoms with Crippen molar-refractivity contribution in [2.24, 2.45) is 18.0 Å². The molecule has 2 heterocycles. The Bertz CT molecular complexity index is 740. The normalized spacial score (nSPS) is 19.4. The molecule has 1 N–H and O–H groups in total. The van der Waals surface area contributed by atoms with Crippen LogP contribution in [0.15, 0.2) is 47.7 Å². The Hall–Kier alpha value is -2.34. The molecule has 3 rings (SSSR count). The molecular weight excluding hydrogens is 338 g/mol. The lowest BCUT2D eigenvalue weighted by atomic mass is 9.88. The van der Waals surface area contributed by atoms with E-state index in [4.69, 9.17) is 4.74 Å². The van der Waals surface area contributed by atoms with Crippen LogP contribution in [-0.4, -0.2) is 53.9 Å². The zero-order valence-electron chi connectivity index (χ0n) is 16.8. The average Bonchev–Trinajstić information content (AvgIpc) is 3.12. The first-order valence-electron chi connectivity index (χ1n) is 9.69. The maximum atomic E-state index is 5.96. The van der Waals surface area contributed by atoms with Crippen LogP contribution in [0.4, 0.5) is 0 Å². The molecule has 0 radical (unpaired) electrons. The van der Waals surface area contributed by atoms with Crippen LogP contribution in [0, 0.1) is 5.92 Å². The summed E-state index contributed by atoms with van der Waals surface area (Å²) in [7, 11) is 3.78. The zero-order chi connectivity index (χ0) is 19.2. The van der Waals surface area contributed by atoms with E-state index in [0.29, 0.717) is 18.4 Å². The van der Waals surface area contributed by atoms with Crippen LogP contribution in [0.25, 0.3) is 0 Å². The van der Waals surface area contributed by atoms with E-state index in [1.54, 1.807) is 0 Å². The van der Waals surface area contributed by atoms with Crippen molar-refractivity contribution in [1.82, 2.24) is 20.0 Å². The first-order valence-corrected chi connectivity index (χ1v) is 9.69. The Kier molecular flexibility index (Phi) is 6.50. The first kappa shape index (κ1) is 19.4. The highest BCUT2D eigenvalue weighted by Gasteiger charge is 2.26. The van der Waals surface area contributed by atoms with E-state index in [0.717, 1.165) is 31.2 Å². The average molecular weight is 370 g/mol. The summed E-state index contributed by atoms with van der Waals surface area (Å²) < 4.78 is 7.77. The van der Waals surface area contributed by atoms with Crippen molar-refractivity contribution in [3.63, 3.8) is 0 Å². The fourth-order valence-electron chi connectivity index (χ4n) is 3.62. The van der Waals surface area contributed by atoms with Gasteiger partial charge in [-0.15, -0.1) is 0 Å². The number of rotatable bonds is 5. The molecule has 1 aliphatic rings. The summed E-state index contributed by atoms with van der Waals surface area (Å²) in [6.45, 7) is 7.72. The smallest absolute Gasteiger partial charge is 0.193 e. The predicted molar refractivity (Wildman–Crippen MR) is 109 cm³/mol. The maximum Gasteiger partial charge on any atom is 0.193 e. The molecule has 0 amide bonds. The van der Waals surface area contributed by atoms with Crippen LogP contribution in [0.2, 0.25) is 0 Å². The van der Waals surface area contributed by atoms with E-state index in [1.165, 1.54) is 5.56 Å². The summed E-state index contributed by atoms with van der Waals surface area (Å²) in [5, 5.41) is 7.86. The maximum absolute atomic E-state index is 5.96. The number of hydrogen-bond acceptors (Lipinski definition) is 3. The van der Waals surface area contributed by atoms with Crippen LogP contribution in [0.5, 0.6) is 0 Å². The second kappa shape index (κ2) is 9.04. The van der Waals surface area contributed by atoms with Gasteiger partial charge in [-0.2, -0.15) is 5.10 Å². The number of benzene rings is 1. The highest BCUT2D eigenvalue weighted by Crippen LogP contribution is 2.24. The van der Waals surface area contributed by atoms with Crippen LogP contribution >= 0.6 is 0 Å². The molecule has 27 heavy (non-hydrogen) atoms. The van der Waals surface area contributed by atoms with Crippen LogP contribution < -0.4 is 5.32 Å². The van der Waals surface area contributed by atoms with Gasteiger partial charge >= 0.3 is 0 Å². The number of aryl methyl sites for hydroxylation is 1. The molecule has 1 aromatic carbocycles. The van der Waals surface area contributed by atoms with Gasteiger partial charge in [0.1, 0.15) is 6.10 Å². The van der Waals surface area contributed by atoms with Gasteiger partial charge in [-0.1, -0.05) is 44.2 Å². The molecule has 0 aliphatic carbocycles. The number of guanidine groups is 1. The highest BCUT2D eigenvalue weighted by molar-refractivity contribution is 5.80. The van der Waals surface area contributed by atoms with E-state index in [1.807, 2.05) is 31.2 Å². The summed E-state index contributed by atoms with van der Waals surface area (Å²) >= 11 is 0. The van der Waals surface area contributed by atoms with Gasteiger partial charge in [-0.3, -0.25) is 9.67 Å². The summed E-state index contributed by atoms with van der Waals surface area (Å²) in [4.78, 5) is 6.81. The molecule has 6 heteroatoms. The Balaban J connectivity index is 1.64. The lowest BCUT2D eigenvalue weighted by Crippen LogP contribution is -2.49. The molecule has 2 aromatic rings. The minimum atomic E-state index is 0.0287. The number of hydrogen-bond donors (Lipinski definition) is 1. The molecule has 2 unspecified atom stereocenters. The van der Waals surface area contributed by atoms with Crippen molar-refractivity contribution < 1.29 is 4.74 Å². The van der Waals surface area contributed by atoms with Crippen molar-refractivity contribution in [2.45, 2.75) is 25.9 Å². The third-order valence-corrected chi connectivity index (χ3v) is 5.19. The van der Waals surface area contributed by atoms with E-state index >= 15 is 0 Å². The summed E-state index contributed by atoms with van der Waals surface area (Å²) in [6, 6.07) is 10.7. The Morgan fingerprint density at radius 1 is 1.33 bits per heavy atom. The molecule has 0 saturated carbocycles. The molecule has 2 atom stereocenters. The molecule has 1 saturated heterocycles. The number of aromatic nitrogens is 2. The number of ether oxygens (including phenoxy) is 1. The minimum Gasteiger partial charge on any atom is -0.370 e. The standard InChI is InChI=1S/C21H31N5O/c1-16(2)19(17-8-6-5-7-9-17)13-23-21(22-3)26-10-11-27-20(15-26)18-12-24-25(4)14-18/h5-9,12,14,16,19-20H,10-11,13,15H2,1-4H3,(H,22,23). The third kappa shape index (κ3) is 4.89. The zero-order valence-corrected chi connectivity index (χ0v) is 16.8. The van der Waals surface area contributed by atoms with Gasteiger partial charge in [0, 0.05) is 44.9 Å². The Morgan fingerprint density at radius 3 is 2.74 bits per heavy atom. The summed E-state index contributed by atoms with van der Waals surface area (Å²) in [5.41, 5.74) is 2.48. The number of aliphatic imine (C=N–C) groups is 1. The molecule has 1 fully saturated rings. The lowest BCUT2D eigenvalue weighted by Gasteiger charge is -2.35. The van der Waals surface area contributed by atoms with E-state index in [2.05, 4.69) is 64.5 Å². The predicted octanol–water partition coefficient (Wildman–Crippen LogP) is 2.81. The van der Waals surface area contributed by atoms with Crippen molar-refractivity contribution in [3.8, 4) is 0 Å². The third-order valence-electron chi connectivity index (χ3n) is 5.19. The second-order valence-corrected chi connectivity index (χ2v) is 7.44. The van der Waals surface area contributed by atoms with E-state index < -0.39 is 0 Å². The molecule has 146 valence electrons. The van der Waals surface area contributed by atoms with Gasteiger partial charge in [0.2, 0.25) is 0 Å². The van der Waals surface area contributed by atoms with E-state index in [9.17, 15) is 0 Å². The van der Waals surface area contributed by atoms with Crippen molar-refractivity contribution in [1.29, 1.82) is 0 Å². The number of nitrogens with zero attached hydrogens (tertiary/aromatic N) is 4. The quantitative estimate of drug-likeness (QED) is 0.650. The monoisotopic (exact) mass is 369 g/mol.